The first kappa shape index (κ1) is 15.6. The fraction of sp³-hybridized carbons (Fsp3) is 0. The Balaban J connectivity index is -0.0000000720. The Morgan fingerprint density at radius 2 is 1.00 bits per heavy atom. The molecule has 2 amide bonds. The molecule has 0 aromatic rings. The van der Waals surface area contributed by atoms with Gasteiger partial charge in [-0.25, -0.2) is 0 Å². The summed E-state index contributed by atoms with van der Waals surface area (Å²) in [6.07, 6.45) is -3.17. The third-order valence-corrected chi connectivity index (χ3v) is 0. The summed E-state index contributed by atoms with van der Waals surface area (Å²) < 4.78 is 0. The number of carboxylic acid groups (broad SMARTS) is 2. The zero-order valence-electron chi connectivity index (χ0n) is 4.49. The zero-order chi connectivity index (χ0) is 7.15. The van der Waals surface area contributed by atoms with Gasteiger partial charge in [-0.1, -0.05) is 0 Å². The van der Waals surface area contributed by atoms with E-state index in [0.717, 1.165) is 0 Å². The van der Waals surface area contributed by atoms with Crippen LogP contribution in [0.5, 0.6) is 0 Å². The van der Waals surface area contributed by atoms with Gasteiger partial charge in [-0.2, -0.15) is 0 Å². The third-order valence-electron chi connectivity index (χ3n) is 0. The molecule has 0 saturated heterocycles. The molecular weight excluding hydrogens is 125 g/mol. The van der Waals surface area contributed by atoms with Crippen molar-refractivity contribution < 1.29 is 19.8 Å². The smallest absolute Gasteiger partial charge is 0.530 e. The van der Waals surface area contributed by atoms with E-state index in [1.807, 2.05) is 0 Å². The summed E-state index contributed by atoms with van der Waals surface area (Å²) in [4.78, 5) is 17.3. The first-order chi connectivity index (χ1) is 3.46. The van der Waals surface area contributed by atoms with E-state index in [4.69, 9.17) is 19.8 Å². The van der Waals surface area contributed by atoms with E-state index in [1.165, 1.54) is 0 Å². The quantitative estimate of drug-likeness (QED) is 0.324. The molecular formula is C2H4BeN2O4. The summed E-state index contributed by atoms with van der Waals surface area (Å²) in [5.41, 5.74) is 7.83. The van der Waals surface area contributed by atoms with Crippen molar-refractivity contribution in [3.05, 3.63) is 0 Å². The van der Waals surface area contributed by atoms with E-state index in [1.54, 1.807) is 0 Å². The van der Waals surface area contributed by atoms with Crippen molar-refractivity contribution in [2.75, 3.05) is 0 Å². The standard InChI is InChI=1S/2CH3NO2.Be/c2*2-1(3)4;/h2*2H2,(H,3,4);/q;;+2/p-2. The summed E-state index contributed by atoms with van der Waals surface area (Å²) >= 11 is 0. The minimum Gasteiger partial charge on any atom is -0.530 e. The van der Waals surface area contributed by atoms with Crippen LogP contribution in [-0.4, -0.2) is 22.3 Å². The van der Waals surface area contributed by atoms with Crippen molar-refractivity contribution in [2.24, 2.45) is 11.5 Å². The molecule has 0 aliphatic heterocycles. The summed E-state index contributed by atoms with van der Waals surface area (Å²) in [6, 6.07) is 0. The van der Waals surface area contributed by atoms with Crippen LogP contribution in [0, 0.1) is 0 Å². The maximum absolute atomic E-state index is 8.67. The Hall–Kier alpha value is -1.29. The van der Waals surface area contributed by atoms with Gasteiger partial charge in [-0.05, 0) is 0 Å². The molecule has 0 aromatic heterocycles. The Bertz CT molecular complexity index is 74.6. The molecule has 0 heterocycles. The average Bonchev–Trinajstić information content (AvgIpc) is 1.25. The van der Waals surface area contributed by atoms with Crippen LogP contribution in [0.4, 0.5) is 9.59 Å². The number of nitrogens with two attached hydrogens (primary N) is 2. The number of carbonyl (C=O) groups is 2. The van der Waals surface area contributed by atoms with E-state index < -0.39 is 12.2 Å². The SMILES string of the molecule is NC(=O)[O-].NC(=O)[O-].[Be+2]. The van der Waals surface area contributed by atoms with Crippen molar-refractivity contribution in [1.29, 1.82) is 0 Å². The maximum Gasteiger partial charge on any atom is 2.00 e. The zero-order valence-corrected chi connectivity index (χ0v) is 4.49. The first-order valence-corrected chi connectivity index (χ1v) is 1.39. The van der Waals surface area contributed by atoms with E-state index in [-0.39, 0.29) is 10.1 Å². The molecule has 0 unspecified atom stereocenters. The Kier molecular flexibility index (Phi) is 17.1. The Morgan fingerprint density at radius 3 is 1.00 bits per heavy atom. The number of primary amides is 2. The van der Waals surface area contributed by atoms with Gasteiger partial charge < -0.3 is 31.3 Å². The molecule has 7 heteroatoms. The average molecular weight is 129 g/mol. The molecule has 0 saturated carbocycles. The first-order valence-electron chi connectivity index (χ1n) is 1.39. The van der Waals surface area contributed by atoms with Crippen LogP contribution < -0.4 is 21.7 Å². The second kappa shape index (κ2) is 9.86. The maximum atomic E-state index is 8.67. The number of hydrogen-bond acceptors (Lipinski definition) is 4. The molecule has 0 aliphatic carbocycles. The molecule has 0 rings (SSSR count). The van der Waals surface area contributed by atoms with Crippen LogP contribution in [0.2, 0.25) is 0 Å². The number of amides is 2. The fourth-order valence-corrected chi connectivity index (χ4v) is 0. The molecule has 0 atom stereocenters. The second-order valence-corrected chi connectivity index (χ2v) is 0.638. The largest absolute Gasteiger partial charge is 2.00 e. The minimum atomic E-state index is -1.58. The van der Waals surface area contributed by atoms with E-state index in [2.05, 4.69) is 11.5 Å². The minimum absolute atomic E-state index is 0. The van der Waals surface area contributed by atoms with Gasteiger partial charge in [0.15, 0.2) is 0 Å². The molecule has 0 fully saturated rings. The summed E-state index contributed by atoms with van der Waals surface area (Å²) in [5, 5.41) is 17.3. The van der Waals surface area contributed by atoms with Gasteiger partial charge in [-0.15, -0.1) is 0 Å². The molecule has 4 N–H and O–H groups in total. The molecule has 0 aliphatic rings. The Labute approximate surface area is 54.7 Å². The summed E-state index contributed by atoms with van der Waals surface area (Å²) in [6.45, 7) is 0. The van der Waals surface area contributed by atoms with E-state index in [9.17, 15) is 0 Å². The van der Waals surface area contributed by atoms with Crippen LogP contribution in [0.25, 0.3) is 0 Å². The second-order valence-electron chi connectivity index (χ2n) is 0.638. The molecule has 9 heavy (non-hydrogen) atoms. The van der Waals surface area contributed by atoms with Crippen LogP contribution >= 0.6 is 0 Å². The van der Waals surface area contributed by atoms with Gasteiger partial charge in [0.2, 0.25) is 0 Å². The van der Waals surface area contributed by atoms with Crippen molar-refractivity contribution in [2.45, 2.75) is 0 Å². The van der Waals surface area contributed by atoms with Crippen LogP contribution in [-0.2, 0) is 0 Å². The van der Waals surface area contributed by atoms with Gasteiger partial charge in [0.25, 0.3) is 0 Å². The predicted octanol–water partition coefficient (Wildman–Crippen LogP) is -3.80. The molecule has 0 spiro atoms. The van der Waals surface area contributed by atoms with E-state index in [0.29, 0.717) is 0 Å². The van der Waals surface area contributed by atoms with Gasteiger partial charge >= 0.3 is 10.1 Å². The normalized spacial score (nSPS) is 5.33. The number of carbonyl (C=O) groups excluding carboxylic acids is 2. The van der Waals surface area contributed by atoms with E-state index >= 15 is 0 Å². The summed E-state index contributed by atoms with van der Waals surface area (Å²) in [5.74, 6) is 0. The van der Waals surface area contributed by atoms with Crippen molar-refractivity contribution in [1.82, 2.24) is 0 Å². The molecule has 0 aromatic carbocycles. The predicted molar refractivity (Wildman–Crippen MR) is 24.9 cm³/mol. The van der Waals surface area contributed by atoms with Gasteiger partial charge in [0, 0.05) is 0 Å². The molecule has 0 radical (unpaired) electrons. The van der Waals surface area contributed by atoms with Crippen LogP contribution in [0.15, 0.2) is 0 Å². The van der Waals surface area contributed by atoms with Crippen LogP contribution in [0.3, 0.4) is 0 Å². The Morgan fingerprint density at radius 1 is 1.00 bits per heavy atom. The summed E-state index contributed by atoms with van der Waals surface area (Å²) in [7, 11) is 0. The van der Waals surface area contributed by atoms with Gasteiger partial charge in [0.1, 0.15) is 12.2 Å². The monoisotopic (exact) mass is 129 g/mol. The fourth-order valence-electron chi connectivity index (χ4n) is 0. The number of hydrogen-bond donors (Lipinski definition) is 2. The molecule has 0 bridgehead atoms. The third kappa shape index (κ3) is 89.2. The number of rotatable bonds is 0. The van der Waals surface area contributed by atoms with Crippen molar-refractivity contribution in [3.8, 4) is 0 Å². The van der Waals surface area contributed by atoms with Gasteiger partial charge in [-0.3, -0.25) is 0 Å². The van der Waals surface area contributed by atoms with Crippen molar-refractivity contribution >= 4 is 22.3 Å². The molecule has 48 valence electrons. The molecule has 6 nitrogen and oxygen atoms in total. The van der Waals surface area contributed by atoms with Crippen LogP contribution in [0.1, 0.15) is 0 Å². The topological polar surface area (TPSA) is 132 Å². The van der Waals surface area contributed by atoms with Crippen molar-refractivity contribution in [3.63, 3.8) is 0 Å². The van der Waals surface area contributed by atoms with Gasteiger partial charge in [0.05, 0.1) is 0 Å².